The standard InChI is InChI=1S/C27H33F3N8OS/c1-4-36-7-9-37(10-8-36)21-13-19(27(28,29)30)12-20(14-21)35-25(39)18-6-5-17(2)23(11-18)38(32)16-22(31)24-15-34-26(33-3)40-24/h5-6,11-16H,4,7-10,31-32H2,1-3H3,(H,33,34)(H,35,39)/b22-16-. The molecule has 40 heavy (non-hydrogen) atoms. The molecule has 0 aliphatic carbocycles. The van der Waals surface area contributed by atoms with Gasteiger partial charge in [0.1, 0.15) is 0 Å². The van der Waals surface area contributed by atoms with E-state index in [4.69, 9.17) is 11.6 Å². The van der Waals surface area contributed by atoms with Crippen molar-refractivity contribution in [3.05, 3.63) is 70.4 Å². The molecule has 0 radical (unpaired) electrons. The van der Waals surface area contributed by atoms with Gasteiger partial charge in [0.15, 0.2) is 5.13 Å². The Bertz CT molecular complexity index is 1380. The Hall–Kier alpha value is -3.81. The molecule has 0 saturated carbocycles. The highest BCUT2D eigenvalue weighted by molar-refractivity contribution is 7.16. The molecule has 2 aromatic carbocycles. The van der Waals surface area contributed by atoms with Crippen LogP contribution >= 0.6 is 11.3 Å². The van der Waals surface area contributed by atoms with E-state index in [0.717, 1.165) is 37.3 Å². The largest absolute Gasteiger partial charge is 0.416 e. The van der Waals surface area contributed by atoms with Crippen LogP contribution in [0.25, 0.3) is 5.70 Å². The lowest BCUT2D eigenvalue weighted by Crippen LogP contribution is -2.46. The fourth-order valence-electron chi connectivity index (χ4n) is 4.39. The van der Waals surface area contributed by atoms with Gasteiger partial charge >= 0.3 is 6.18 Å². The third kappa shape index (κ3) is 6.84. The summed E-state index contributed by atoms with van der Waals surface area (Å²) in [6.45, 7) is 7.49. The van der Waals surface area contributed by atoms with Crippen molar-refractivity contribution >= 4 is 45.1 Å². The second kappa shape index (κ2) is 12.1. The number of nitrogens with two attached hydrogens (primary N) is 2. The summed E-state index contributed by atoms with van der Waals surface area (Å²) in [5.41, 5.74) is 7.75. The number of rotatable bonds is 8. The molecular formula is C27H33F3N8OS. The predicted molar refractivity (Wildman–Crippen MR) is 155 cm³/mol. The highest BCUT2D eigenvalue weighted by atomic mass is 32.1. The molecule has 13 heteroatoms. The Balaban J connectivity index is 1.57. The molecule has 0 unspecified atom stereocenters. The van der Waals surface area contributed by atoms with Crippen LogP contribution in [0.2, 0.25) is 0 Å². The normalized spacial score (nSPS) is 14.8. The number of nitrogens with one attached hydrogen (secondary N) is 2. The average molecular weight is 575 g/mol. The van der Waals surface area contributed by atoms with Crippen LogP contribution in [0.4, 0.5) is 35.4 Å². The molecule has 1 saturated heterocycles. The van der Waals surface area contributed by atoms with E-state index >= 15 is 0 Å². The van der Waals surface area contributed by atoms with Crippen LogP contribution < -0.4 is 32.1 Å². The van der Waals surface area contributed by atoms with Crippen LogP contribution in [0.1, 0.15) is 33.3 Å². The Kier molecular flexibility index (Phi) is 8.86. The molecule has 1 aliphatic heterocycles. The number of aromatic nitrogens is 1. The van der Waals surface area contributed by atoms with Gasteiger partial charge in [0, 0.05) is 62.6 Å². The van der Waals surface area contributed by atoms with E-state index in [1.165, 1.54) is 22.5 Å². The first-order valence-corrected chi connectivity index (χ1v) is 13.6. The molecule has 2 heterocycles. The van der Waals surface area contributed by atoms with Crippen molar-refractivity contribution in [1.29, 1.82) is 0 Å². The quantitative estimate of drug-likeness (QED) is 0.229. The number of piperazine rings is 1. The molecule has 1 aromatic heterocycles. The molecule has 1 aliphatic rings. The summed E-state index contributed by atoms with van der Waals surface area (Å²) < 4.78 is 41.2. The van der Waals surface area contributed by atoms with Crippen LogP contribution in [0.3, 0.4) is 0 Å². The molecule has 0 atom stereocenters. The van der Waals surface area contributed by atoms with Crippen LogP contribution in [0.15, 0.2) is 48.8 Å². The zero-order valence-electron chi connectivity index (χ0n) is 22.5. The Morgan fingerprint density at radius 2 is 1.90 bits per heavy atom. The summed E-state index contributed by atoms with van der Waals surface area (Å²) in [7, 11) is 1.76. The van der Waals surface area contributed by atoms with Gasteiger partial charge in [-0.2, -0.15) is 13.2 Å². The van der Waals surface area contributed by atoms with Crippen molar-refractivity contribution in [3.63, 3.8) is 0 Å². The number of hydrazine groups is 1. The van der Waals surface area contributed by atoms with E-state index in [1.54, 1.807) is 37.5 Å². The zero-order chi connectivity index (χ0) is 29.0. The highest BCUT2D eigenvalue weighted by Crippen LogP contribution is 2.35. The number of hydrogen-bond donors (Lipinski definition) is 4. The Morgan fingerprint density at radius 3 is 2.52 bits per heavy atom. The lowest BCUT2D eigenvalue weighted by atomic mass is 10.1. The molecular weight excluding hydrogens is 541 g/mol. The second-order valence-corrected chi connectivity index (χ2v) is 10.4. The van der Waals surface area contributed by atoms with E-state index in [-0.39, 0.29) is 11.3 Å². The number of likely N-dealkylation sites (N-methyl/N-ethyl adjacent to an activating group) is 1. The topological polar surface area (TPSA) is 116 Å². The molecule has 6 N–H and O–H groups in total. The minimum absolute atomic E-state index is 0.0640. The van der Waals surface area contributed by atoms with E-state index in [0.29, 0.717) is 40.2 Å². The summed E-state index contributed by atoms with van der Waals surface area (Å²) in [6.07, 6.45) is -1.41. The van der Waals surface area contributed by atoms with Crippen LogP contribution in [-0.2, 0) is 6.18 Å². The number of anilines is 4. The minimum Gasteiger partial charge on any atom is -0.396 e. The Morgan fingerprint density at radius 1 is 1.18 bits per heavy atom. The van der Waals surface area contributed by atoms with Gasteiger partial charge in [-0.25, -0.2) is 10.8 Å². The number of thiazole rings is 1. The second-order valence-electron chi connectivity index (χ2n) is 9.41. The van der Waals surface area contributed by atoms with Gasteiger partial charge in [-0.3, -0.25) is 9.80 Å². The van der Waals surface area contributed by atoms with Crippen LogP contribution in [-0.4, -0.2) is 55.6 Å². The number of halogens is 3. The number of carbonyl (C=O) groups is 1. The molecule has 1 amide bonds. The monoisotopic (exact) mass is 574 g/mol. The number of aryl methyl sites for hydroxylation is 1. The maximum absolute atomic E-state index is 13.7. The molecule has 214 valence electrons. The lowest BCUT2D eigenvalue weighted by Gasteiger charge is -2.36. The van der Waals surface area contributed by atoms with E-state index in [1.807, 2.05) is 11.8 Å². The maximum atomic E-state index is 13.7. The number of hydrogen-bond acceptors (Lipinski definition) is 9. The van der Waals surface area contributed by atoms with Crippen LogP contribution in [0, 0.1) is 6.92 Å². The molecule has 0 spiro atoms. The third-order valence-corrected chi connectivity index (χ3v) is 7.78. The van der Waals surface area contributed by atoms with E-state index in [9.17, 15) is 18.0 Å². The van der Waals surface area contributed by atoms with Crippen molar-refractivity contribution < 1.29 is 18.0 Å². The summed E-state index contributed by atoms with van der Waals surface area (Å²) in [4.78, 5) is 22.2. The smallest absolute Gasteiger partial charge is 0.396 e. The summed E-state index contributed by atoms with van der Waals surface area (Å²) in [5.74, 6) is 5.70. The predicted octanol–water partition coefficient (Wildman–Crippen LogP) is 4.54. The van der Waals surface area contributed by atoms with Crippen LogP contribution in [0.5, 0.6) is 0 Å². The molecule has 4 rings (SSSR count). The summed E-state index contributed by atoms with van der Waals surface area (Å²) in [5, 5.41) is 7.59. The minimum atomic E-state index is -4.56. The number of alkyl halides is 3. The van der Waals surface area contributed by atoms with E-state index in [2.05, 4.69) is 27.4 Å². The number of nitrogens with zero attached hydrogens (tertiary/aromatic N) is 4. The van der Waals surface area contributed by atoms with Crippen molar-refractivity contribution in [3.8, 4) is 0 Å². The first-order valence-electron chi connectivity index (χ1n) is 12.7. The molecule has 3 aromatic rings. The summed E-state index contributed by atoms with van der Waals surface area (Å²) >= 11 is 1.36. The molecule has 9 nitrogen and oxygen atoms in total. The summed E-state index contributed by atoms with van der Waals surface area (Å²) in [6, 6.07) is 8.54. The number of amides is 1. The average Bonchev–Trinajstić information content (AvgIpc) is 3.42. The molecule has 0 bridgehead atoms. The lowest BCUT2D eigenvalue weighted by molar-refractivity contribution is -0.137. The maximum Gasteiger partial charge on any atom is 0.416 e. The SMILES string of the molecule is CCN1CCN(c2cc(NC(=O)c3ccc(C)c(N(N)/C=C(\N)c4cnc(NC)s4)c3)cc(C(F)(F)F)c2)CC1. The fourth-order valence-corrected chi connectivity index (χ4v) is 5.08. The third-order valence-electron chi connectivity index (χ3n) is 6.72. The fraction of sp³-hybridized carbons (Fsp3) is 0.333. The zero-order valence-corrected chi connectivity index (χ0v) is 23.4. The van der Waals surface area contributed by atoms with Crippen molar-refractivity contribution in [2.75, 3.05) is 60.3 Å². The van der Waals surface area contributed by atoms with Gasteiger partial charge in [-0.05, 0) is 49.4 Å². The highest BCUT2D eigenvalue weighted by Gasteiger charge is 2.32. The molecule has 1 fully saturated rings. The van der Waals surface area contributed by atoms with Gasteiger partial charge in [0.25, 0.3) is 5.91 Å². The van der Waals surface area contributed by atoms with Crippen molar-refractivity contribution in [2.45, 2.75) is 20.0 Å². The first kappa shape index (κ1) is 29.2. The number of carbonyl (C=O) groups excluding carboxylic acids is 1. The van der Waals surface area contributed by atoms with Gasteiger partial charge in [-0.15, -0.1) is 0 Å². The van der Waals surface area contributed by atoms with Gasteiger partial charge in [-0.1, -0.05) is 24.3 Å². The van der Waals surface area contributed by atoms with Gasteiger partial charge < -0.3 is 26.2 Å². The Labute approximate surface area is 235 Å². The van der Waals surface area contributed by atoms with Crippen molar-refractivity contribution in [1.82, 2.24) is 9.88 Å². The van der Waals surface area contributed by atoms with Gasteiger partial charge in [0.05, 0.1) is 21.8 Å². The van der Waals surface area contributed by atoms with Crippen molar-refractivity contribution in [2.24, 2.45) is 11.6 Å². The van der Waals surface area contributed by atoms with E-state index < -0.39 is 17.6 Å². The number of benzene rings is 2. The first-order chi connectivity index (χ1) is 19.0. The van der Waals surface area contributed by atoms with Gasteiger partial charge in [0.2, 0.25) is 0 Å².